The lowest BCUT2D eigenvalue weighted by atomic mass is 9.88. The molecule has 0 saturated carbocycles. The minimum Gasteiger partial charge on any atom is -0.492 e. The maximum Gasteiger partial charge on any atom is 0.246 e. The van der Waals surface area contributed by atoms with E-state index in [4.69, 9.17) is 11.2 Å². The molecule has 40 heavy (non-hydrogen) atoms. The van der Waals surface area contributed by atoms with Crippen LogP contribution < -0.4 is 10.1 Å². The molecule has 0 atom stereocenters. The second-order valence-corrected chi connectivity index (χ2v) is 9.44. The van der Waals surface area contributed by atoms with E-state index in [1.807, 2.05) is 30.5 Å². The van der Waals surface area contributed by atoms with Gasteiger partial charge in [0.2, 0.25) is 5.91 Å². The Hall–Kier alpha value is -4.60. The Morgan fingerprint density at radius 3 is 2.60 bits per heavy atom. The average molecular weight is 533 g/mol. The number of likely N-dealkylation sites (N-methyl/N-ethyl adjacent to an activating group) is 1. The number of allylic oxidation sites excluding steroid dienone is 1. The fraction of sp³-hybridized carbons (Fsp3) is 0.235. The Bertz CT molecular complexity index is 1490. The molecule has 0 spiro atoms. The van der Waals surface area contributed by atoms with Crippen LogP contribution in [0.1, 0.15) is 36.5 Å². The predicted octanol–water partition coefficient (Wildman–Crippen LogP) is 5.94. The summed E-state index contributed by atoms with van der Waals surface area (Å²) in [7, 11) is 1.75. The third kappa shape index (κ3) is 7.49. The number of amides is 1. The van der Waals surface area contributed by atoms with Gasteiger partial charge in [0, 0.05) is 44.6 Å². The molecule has 0 saturated heterocycles. The second kappa shape index (κ2) is 14.5. The highest BCUT2D eigenvalue weighted by molar-refractivity contribution is 6.00. The predicted molar refractivity (Wildman–Crippen MR) is 164 cm³/mol. The number of aromatic nitrogens is 2. The fourth-order valence-corrected chi connectivity index (χ4v) is 4.55. The first kappa shape index (κ1) is 28.4. The summed E-state index contributed by atoms with van der Waals surface area (Å²) >= 11 is 0. The van der Waals surface area contributed by atoms with E-state index in [0.717, 1.165) is 34.2 Å². The van der Waals surface area contributed by atoms with Gasteiger partial charge in [0.15, 0.2) is 0 Å². The molecule has 4 rings (SSSR count). The molecule has 0 aliphatic heterocycles. The van der Waals surface area contributed by atoms with Gasteiger partial charge in [-0.05, 0) is 58.5 Å². The number of rotatable bonds is 13. The summed E-state index contributed by atoms with van der Waals surface area (Å²) in [4.78, 5) is 13.6. The number of carbonyl (C=O) groups is 1. The highest BCUT2D eigenvalue weighted by Gasteiger charge is 2.14. The Labute approximate surface area is 236 Å². The zero-order chi connectivity index (χ0) is 28.2. The van der Waals surface area contributed by atoms with Gasteiger partial charge in [0.1, 0.15) is 12.4 Å². The third-order valence-corrected chi connectivity index (χ3v) is 6.69. The van der Waals surface area contributed by atoms with Crippen molar-refractivity contribution in [3.05, 3.63) is 108 Å². The maximum absolute atomic E-state index is 12.0. The summed E-state index contributed by atoms with van der Waals surface area (Å²) in [5.74, 6) is 3.31. The largest absolute Gasteiger partial charge is 0.492 e. The van der Waals surface area contributed by atoms with Crippen LogP contribution in [0.3, 0.4) is 0 Å². The van der Waals surface area contributed by atoms with E-state index in [2.05, 4.69) is 83.0 Å². The number of nitrogens with one attached hydrogen (secondary N) is 2. The summed E-state index contributed by atoms with van der Waals surface area (Å²) in [5, 5.41) is 11.6. The molecule has 6 heteroatoms. The van der Waals surface area contributed by atoms with Crippen molar-refractivity contribution in [1.82, 2.24) is 20.4 Å². The monoisotopic (exact) mass is 532 g/mol. The number of nitrogens with zero attached hydrogens (tertiary/aromatic N) is 2. The Kier molecular flexibility index (Phi) is 10.3. The number of hydrogen-bond acceptors (Lipinski definition) is 4. The number of H-pyrrole nitrogens is 1. The van der Waals surface area contributed by atoms with Crippen molar-refractivity contribution >= 4 is 28.0 Å². The summed E-state index contributed by atoms with van der Waals surface area (Å²) in [5.41, 5.74) is 7.02. The smallest absolute Gasteiger partial charge is 0.246 e. The molecule has 2 N–H and O–H groups in total. The van der Waals surface area contributed by atoms with Crippen LogP contribution in [0.5, 0.6) is 5.75 Å². The van der Waals surface area contributed by atoms with Crippen LogP contribution in [0.25, 0.3) is 22.0 Å². The SMILES string of the molecule is C#CCCN(C)C(=O)C=CCNCCOc1ccc(C(=C(CC)c2ccccc2)c2ccc3[nH]ncc3c2)cc1. The highest BCUT2D eigenvalue weighted by Crippen LogP contribution is 2.36. The van der Waals surface area contributed by atoms with Crippen LogP contribution >= 0.6 is 0 Å². The first-order chi connectivity index (χ1) is 19.6. The number of ether oxygens (including phenoxy) is 1. The van der Waals surface area contributed by atoms with E-state index < -0.39 is 0 Å². The molecule has 4 aromatic rings. The molecule has 3 aromatic carbocycles. The quantitative estimate of drug-likeness (QED) is 0.0968. The van der Waals surface area contributed by atoms with Crippen molar-refractivity contribution in [3.8, 4) is 18.1 Å². The van der Waals surface area contributed by atoms with Crippen LogP contribution in [-0.4, -0.2) is 54.3 Å². The number of terminal acetylenes is 1. The summed E-state index contributed by atoms with van der Waals surface area (Å²) < 4.78 is 5.97. The molecule has 0 unspecified atom stereocenters. The minimum atomic E-state index is -0.0509. The molecule has 1 aromatic heterocycles. The number of carbonyl (C=O) groups excluding carboxylic acids is 1. The van der Waals surface area contributed by atoms with Crippen LogP contribution in [0.4, 0.5) is 0 Å². The van der Waals surface area contributed by atoms with Crippen molar-refractivity contribution in [1.29, 1.82) is 0 Å². The van der Waals surface area contributed by atoms with Gasteiger partial charge in [-0.25, -0.2) is 0 Å². The molecular weight excluding hydrogens is 496 g/mol. The van der Waals surface area contributed by atoms with Gasteiger partial charge in [-0.2, -0.15) is 5.10 Å². The number of benzene rings is 3. The second-order valence-electron chi connectivity index (χ2n) is 9.44. The van der Waals surface area contributed by atoms with Crippen molar-refractivity contribution < 1.29 is 9.53 Å². The Morgan fingerprint density at radius 1 is 1.07 bits per heavy atom. The number of fused-ring (bicyclic) bond motifs is 1. The molecular formula is C34H36N4O2. The van der Waals surface area contributed by atoms with Gasteiger partial charge >= 0.3 is 0 Å². The van der Waals surface area contributed by atoms with Gasteiger partial charge in [0.25, 0.3) is 0 Å². The fourth-order valence-electron chi connectivity index (χ4n) is 4.55. The van der Waals surface area contributed by atoms with E-state index in [-0.39, 0.29) is 5.91 Å². The van der Waals surface area contributed by atoms with Crippen LogP contribution in [0.15, 0.2) is 91.1 Å². The lowest BCUT2D eigenvalue weighted by molar-refractivity contribution is -0.124. The summed E-state index contributed by atoms with van der Waals surface area (Å²) in [6.07, 6.45) is 11.9. The van der Waals surface area contributed by atoms with Crippen molar-refractivity contribution in [2.24, 2.45) is 0 Å². The van der Waals surface area contributed by atoms with Crippen LogP contribution in [0, 0.1) is 12.3 Å². The Morgan fingerprint density at radius 2 is 1.85 bits per heavy atom. The standard InChI is InChI=1S/C34H36N4O2/c1-4-6-22-38(3)33(39)13-10-20-35-21-23-40-30-17-14-27(15-18-30)34(31(5-2)26-11-8-7-9-12-26)28-16-19-32-29(24-28)25-36-37-32/h1,7-19,24-25,35H,5-6,20-23H2,2-3H3,(H,36,37). The average Bonchev–Trinajstić information content (AvgIpc) is 3.47. The van der Waals surface area contributed by atoms with E-state index in [1.165, 1.54) is 16.7 Å². The van der Waals surface area contributed by atoms with Crippen LogP contribution in [0.2, 0.25) is 0 Å². The lowest BCUT2D eigenvalue weighted by Gasteiger charge is -2.17. The van der Waals surface area contributed by atoms with E-state index >= 15 is 0 Å². The molecule has 204 valence electrons. The first-order valence-corrected chi connectivity index (χ1v) is 13.6. The molecule has 0 aliphatic carbocycles. The lowest BCUT2D eigenvalue weighted by Crippen LogP contribution is -2.26. The number of hydrogen-bond donors (Lipinski definition) is 2. The topological polar surface area (TPSA) is 70.2 Å². The van der Waals surface area contributed by atoms with Crippen molar-refractivity contribution in [2.45, 2.75) is 19.8 Å². The Balaban J connectivity index is 1.41. The normalized spacial score (nSPS) is 11.8. The molecule has 1 heterocycles. The molecule has 0 bridgehead atoms. The molecule has 6 nitrogen and oxygen atoms in total. The molecule has 1 amide bonds. The molecule has 0 radical (unpaired) electrons. The van der Waals surface area contributed by atoms with Gasteiger partial charge in [0.05, 0.1) is 11.7 Å². The van der Waals surface area contributed by atoms with E-state index in [9.17, 15) is 4.79 Å². The summed E-state index contributed by atoms with van der Waals surface area (Å²) in [6.45, 7) is 4.53. The number of aromatic amines is 1. The first-order valence-electron chi connectivity index (χ1n) is 13.6. The van der Waals surface area contributed by atoms with Crippen molar-refractivity contribution in [3.63, 3.8) is 0 Å². The van der Waals surface area contributed by atoms with Gasteiger partial charge in [-0.3, -0.25) is 9.89 Å². The summed E-state index contributed by atoms with van der Waals surface area (Å²) in [6, 6.07) is 25.3. The van der Waals surface area contributed by atoms with Crippen molar-refractivity contribution in [2.75, 3.05) is 33.3 Å². The maximum atomic E-state index is 12.0. The third-order valence-electron chi connectivity index (χ3n) is 6.69. The van der Waals surface area contributed by atoms with E-state index in [1.54, 1.807) is 18.0 Å². The minimum absolute atomic E-state index is 0.0509. The van der Waals surface area contributed by atoms with Gasteiger partial charge < -0.3 is 15.0 Å². The van der Waals surface area contributed by atoms with Gasteiger partial charge in [-0.15, -0.1) is 12.3 Å². The van der Waals surface area contributed by atoms with Crippen LogP contribution in [-0.2, 0) is 4.79 Å². The molecule has 0 aliphatic rings. The van der Waals surface area contributed by atoms with Gasteiger partial charge in [-0.1, -0.05) is 61.5 Å². The molecule has 0 fully saturated rings. The van der Waals surface area contributed by atoms with E-state index in [0.29, 0.717) is 32.7 Å². The zero-order valence-corrected chi connectivity index (χ0v) is 23.2. The highest BCUT2D eigenvalue weighted by atomic mass is 16.5. The zero-order valence-electron chi connectivity index (χ0n) is 23.2.